The highest BCUT2D eigenvalue weighted by atomic mass is 35.5. The van der Waals surface area contributed by atoms with Crippen molar-refractivity contribution >= 4 is 34.7 Å². The molecule has 1 unspecified atom stereocenters. The summed E-state index contributed by atoms with van der Waals surface area (Å²) in [5.41, 5.74) is 1.00. The number of hydrogen-bond acceptors (Lipinski definition) is 4. The molecule has 0 bridgehead atoms. The summed E-state index contributed by atoms with van der Waals surface area (Å²) in [7, 11) is 0. The van der Waals surface area contributed by atoms with E-state index in [0.717, 1.165) is 0 Å². The number of nitrogens with zero attached hydrogens (tertiary/aromatic N) is 2. The molecule has 1 amide bonds. The zero-order chi connectivity index (χ0) is 22.5. The Morgan fingerprint density at radius 3 is 2.42 bits per heavy atom. The van der Waals surface area contributed by atoms with Crippen molar-refractivity contribution in [3.8, 4) is 0 Å². The van der Waals surface area contributed by atoms with Crippen molar-refractivity contribution in [1.29, 1.82) is 0 Å². The normalized spacial score (nSPS) is 20.6. The van der Waals surface area contributed by atoms with E-state index in [1.165, 1.54) is 41.3 Å². The Balaban J connectivity index is 1.91. The zero-order valence-corrected chi connectivity index (χ0v) is 17.8. The maximum Gasteiger partial charge on any atom is 0.269 e. The van der Waals surface area contributed by atoms with E-state index >= 15 is 0 Å². The van der Waals surface area contributed by atoms with E-state index < -0.39 is 22.1 Å². The number of hydrogen-bond donors (Lipinski definition) is 0. The van der Waals surface area contributed by atoms with Gasteiger partial charge in [-0.3, -0.25) is 24.6 Å². The van der Waals surface area contributed by atoms with Gasteiger partial charge in [0.15, 0.2) is 5.78 Å². The second-order valence-electron chi connectivity index (χ2n) is 8.70. The lowest BCUT2D eigenvalue weighted by Crippen LogP contribution is -2.44. The largest absolute Gasteiger partial charge is 0.294 e. The third kappa shape index (κ3) is 3.74. The highest BCUT2D eigenvalue weighted by Gasteiger charge is 2.45. The van der Waals surface area contributed by atoms with Crippen molar-refractivity contribution in [2.45, 2.75) is 39.0 Å². The molecule has 2 aromatic carbocycles. The smallest absolute Gasteiger partial charge is 0.269 e. The molecule has 1 aliphatic carbocycles. The minimum atomic E-state index is -0.769. The first-order valence-electron chi connectivity index (χ1n) is 9.86. The summed E-state index contributed by atoms with van der Waals surface area (Å²) < 4.78 is 14.7. The molecule has 0 saturated carbocycles. The van der Waals surface area contributed by atoms with Crippen LogP contribution in [0.3, 0.4) is 0 Å². The molecule has 31 heavy (non-hydrogen) atoms. The monoisotopic (exact) mass is 442 g/mol. The third-order valence-electron chi connectivity index (χ3n) is 5.81. The number of benzene rings is 2. The highest BCUT2D eigenvalue weighted by Crippen LogP contribution is 2.49. The van der Waals surface area contributed by atoms with Gasteiger partial charge in [0, 0.05) is 58.4 Å². The van der Waals surface area contributed by atoms with Gasteiger partial charge in [-0.1, -0.05) is 31.5 Å². The second kappa shape index (κ2) is 7.57. The number of carbonyl (C=O) groups excluding carboxylic acids is 2. The summed E-state index contributed by atoms with van der Waals surface area (Å²) in [4.78, 5) is 38.4. The van der Waals surface area contributed by atoms with Crippen LogP contribution in [-0.4, -0.2) is 16.6 Å². The predicted octanol–water partition coefficient (Wildman–Crippen LogP) is 5.55. The van der Waals surface area contributed by atoms with E-state index in [1.807, 2.05) is 13.8 Å². The van der Waals surface area contributed by atoms with E-state index in [-0.39, 0.29) is 40.8 Å². The van der Waals surface area contributed by atoms with Crippen LogP contribution in [0.15, 0.2) is 53.7 Å². The first kappa shape index (κ1) is 21.2. The molecule has 0 fully saturated rings. The number of ketones is 1. The van der Waals surface area contributed by atoms with E-state index in [4.69, 9.17) is 11.6 Å². The van der Waals surface area contributed by atoms with Gasteiger partial charge in [0.2, 0.25) is 5.91 Å². The van der Waals surface area contributed by atoms with E-state index in [2.05, 4.69) is 0 Å². The second-order valence-corrected chi connectivity index (χ2v) is 9.10. The zero-order valence-electron chi connectivity index (χ0n) is 17.0. The van der Waals surface area contributed by atoms with E-state index in [1.54, 1.807) is 6.07 Å². The Hall–Kier alpha value is -3.06. The van der Waals surface area contributed by atoms with Crippen LogP contribution >= 0.6 is 11.6 Å². The number of allylic oxidation sites excluding steroid dienone is 2. The number of rotatable bonds is 3. The summed E-state index contributed by atoms with van der Waals surface area (Å²) in [6.07, 6.45) is 0.582. The van der Waals surface area contributed by atoms with Crippen molar-refractivity contribution in [1.82, 2.24) is 0 Å². The van der Waals surface area contributed by atoms with Gasteiger partial charge in [-0.2, -0.15) is 0 Å². The minimum Gasteiger partial charge on any atom is -0.294 e. The number of halogens is 2. The molecule has 1 aliphatic heterocycles. The lowest BCUT2D eigenvalue weighted by molar-refractivity contribution is -0.384. The number of anilines is 1. The van der Waals surface area contributed by atoms with Gasteiger partial charge in [0.05, 0.1) is 4.92 Å². The van der Waals surface area contributed by atoms with E-state index in [9.17, 15) is 24.1 Å². The summed E-state index contributed by atoms with van der Waals surface area (Å²) in [5, 5.41) is 11.2. The molecule has 0 N–H and O–H groups in total. The Kier molecular flexibility index (Phi) is 5.17. The lowest BCUT2D eigenvalue weighted by atomic mass is 9.69. The fraction of sp³-hybridized carbons (Fsp3) is 0.304. The van der Waals surface area contributed by atoms with Crippen molar-refractivity contribution in [2.24, 2.45) is 5.41 Å². The predicted molar refractivity (Wildman–Crippen MR) is 114 cm³/mol. The van der Waals surface area contributed by atoms with Gasteiger partial charge in [0.1, 0.15) is 5.82 Å². The number of non-ortho nitro benzene ring substituents is 1. The standard InChI is InChI=1S/C23H20ClFN2O4/c1-23(2)11-18-22(19(28)12-23)15(21-16(24)4-3-5-17(21)25)10-20(29)26(18)13-6-8-14(9-7-13)27(30)31/h3-9,15H,10-12H2,1-2H3. The average Bonchev–Trinajstić information content (AvgIpc) is 2.66. The number of Topliss-reactive ketones (excluding diaryl/α,β-unsaturated/α-hetero) is 1. The number of carbonyl (C=O) groups is 2. The van der Waals surface area contributed by atoms with Gasteiger partial charge in [0.25, 0.3) is 5.69 Å². The molecule has 8 heteroatoms. The SMILES string of the molecule is CC1(C)CC(=O)C2=C(C1)N(c1ccc([N+](=O)[O-])cc1)C(=O)CC2c1c(F)cccc1Cl. The Labute approximate surface area is 183 Å². The van der Waals surface area contributed by atoms with E-state index in [0.29, 0.717) is 23.4 Å². The summed E-state index contributed by atoms with van der Waals surface area (Å²) in [6, 6.07) is 9.91. The van der Waals surface area contributed by atoms with Crippen LogP contribution in [0.1, 0.15) is 44.6 Å². The van der Waals surface area contributed by atoms with Crippen molar-refractivity contribution < 1.29 is 18.9 Å². The number of amides is 1. The molecule has 1 heterocycles. The molecule has 0 spiro atoms. The fourth-order valence-corrected chi connectivity index (χ4v) is 4.82. The first-order chi connectivity index (χ1) is 14.6. The van der Waals surface area contributed by atoms with Gasteiger partial charge in [-0.15, -0.1) is 0 Å². The van der Waals surface area contributed by atoms with Crippen LogP contribution in [-0.2, 0) is 9.59 Å². The summed E-state index contributed by atoms with van der Waals surface area (Å²) >= 11 is 6.28. The Bertz CT molecular complexity index is 1120. The minimum absolute atomic E-state index is 0.0986. The molecule has 2 aliphatic rings. The van der Waals surface area contributed by atoms with Crippen LogP contribution in [0.5, 0.6) is 0 Å². The van der Waals surface area contributed by atoms with Gasteiger partial charge >= 0.3 is 0 Å². The average molecular weight is 443 g/mol. The molecular formula is C23H20ClFN2O4. The lowest BCUT2D eigenvalue weighted by Gasteiger charge is -2.43. The van der Waals surface area contributed by atoms with Gasteiger partial charge in [-0.05, 0) is 36.1 Å². The third-order valence-corrected chi connectivity index (χ3v) is 6.14. The molecule has 6 nitrogen and oxygen atoms in total. The molecular weight excluding hydrogens is 423 g/mol. The Morgan fingerprint density at radius 2 is 1.81 bits per heavy atom. The topological polar surface area (TPSA) is 80.5 Å². The highest BCUT2D eigenvalue weighted by molar-refractivity contribution is 6.31. The molecule has 4 rings (SSSR count). The Morgan fingerprint density at radius 1 is 1.13 bits per heavy atom. The number of nitro groups is 1. The maximum absolute atomic E-state index is 14.7. The summed E-state index contributed by atoms with van der Waals surface area (Å²) in [5.74, 6) is -1.79. The molecule has 1 atom stereocenters. The molecule has 0 radical (unpaired) electrons. The molecule has 2 aromatic rings. The van der Waals surface area contributed by atoms with Crippen LogP contribution in [0.4, 0.5) is 15.8 Å². The quantitative estimate of drug-likeness (QED) is 0.461. The van der Waals surface area contributed by atoms with Crippen LogP contribution in [0.2, 0.25) is 5.02 Å². The van der Waals surface area contributed by atoms with Crippen LogP contribution < -0.4 is 4.90 Å². The molecule has 0 saturated heterocycles. The maximum atomic E-state index is 14.7. The number of nitro benzene ring substituents is 1. The van der Waals surface area contributed by atoms with Crippen molar-refractivity contribution in [3.05, 3.63) is 80.3 Å². The summed E-state index contributed by atoms with van der Waals surface area (Å²) in [6.45, 7) is 3.87. The van der Waals surface area contributed by atoms with Crippen molar-refractivity contribution in [3.63, 3.8) is 0 Å². The first-order valence-corrected chi connectivity index (χ1v) is 10.2. The van der Waals surface area contributed by atoms with Crippen LogP contribution in [0, 0.1) is 21.3 Å². The molecule has 0 aromatic heterocycles. The fourth-order valence-electron chi connectivity index (χ4n) is 4.53. The van der Waals surface area contributed by atoms with Crippen LogP contribution in [0.25, 0.3) is 0 Å². The van der Waals surface area contributed by atoms with Gasteiger partial charge < -0.3 is 0 Å². The van der Waals surface area contributed by atoms with Crippen molar-refractivity contribution in [2.75, 3.05) is 4.90 Å². The van der Waals surface area contributed by atoms with Gasteiger partial charge in [-0.25, -0.2) is 4.39 Å². The molecule has 160 valence electrons.